The maximum atomic E-state index is 12.0. The van der Waals surface area contributed by atoms with E-state index >= 15 is 0 Å². The van der Waals surface area contributed by atoms with Gasteiger partial charge in [-0.2, -0.15) is 0 Å². The second-order valence-corrected chi connectivity index (χ2v) is 5.39. The molecule has 7 nitrogen and oxygen atoms in total. The van der Waals surface area contributed by atoms with Crippen LogP contribution in [0.15, 0.2) is 47.0 Å². The van der Waals surface area contributed by atoms with Gasteiger partial charge in [0, 0.05) is 6.08 Å². The highest BCUT2D eigenvalue weighted by atomic mass is 16.3. The SMILES string of the molecule is Cc1cc(C(=O)NNC(=O)/C=C/c2cnc3ccccc3n2)c(C)o1. The summed E-state index contributed by atoms with van der Waals surface area (Å²) in [5.74, 6) is 0.192. The van der Waals surface area contributed by atoms with E-state index in [-0.39, 0.29) is 0 Å². The van der Waals surface area contributed by atoms with E-state index in [4.69, 9.17) is 4.42 Å². The number of nitrogens with one attached hydrogen (secondary N) is 2. The third-order valence-corrected chi connectivity index (χ3v) is 3.46. The van der Waals surface area contributed by atoms with Crippen molar-refractivity contribution in [3.63, 3.8) is 0 Å². The van der Waals surface area contributed by atoms with Gasteiger partial charge in [-0.15, -0.1) is 0 Å². The topological polar surface area (TPSA) is 97.1 Å². The van der Waals surface area contributed by atoms with Gasteiger partial charge in [0.05, 0.1) is 28.5 Å². The van der Waals surface area contributed by atoms with E-state index in [0.29, 0.717) is 22.8 Å². The number of rotatable bonds is 3. The van der Waals surface area contributed by atoms with Crippen LogP contribution in [0.1, 0.15) is 27.6 Å². The van der Waals surface area contributed by atoms with Gasteiger partial charge in [0.15, 0.2) is 0 Å². The number of carbonyl (C=O) groups is 2. The van der Waals surface area contributed by atoms with Crippen LogP contribution in [0.4, 0.5) is 0 Å². The molecule has 0 saturated carbocycles. The highest BCUT2D eigenvalue weighted by Crippen LogP contribution is 2.13. The molecular weight excluding hydrogens is 320 g/mol. The van der Waals surface area contributed by atoms with Crippen LogP contribution in [0.2, 0.25) is 0 Å². The van der Waals surface area contributed by atoms with Gasteiger partial charge in [0.25, 0.3) is 11.8 Å². The first-order valence-electron chi connectivity index (χ1n) is 7.60. The number of aryl methyl sites for hydroxylation is 2. The third-order valence-electron chi connectivity index (χ3n) is 3.46. The second-order valence-electron chi connectivity index (χ2n) is 5.39. The lowest BCUT2D eigenvalue weighted by Crippen LogP contribution is -2.40. The lowest BCUT2D eigenvalue weighted by molar-refractivity contribution is -0.117. The monoisotopic (exact) mass is 336 g/mol. The predicted octanol–water partition coefficient (Wildman–Crippen LogP) is 2.31. The van der Waals surface area contributed by atoms with E-state index < -0.39 is 11.8 Å². The molecule has 0 radical (unpaired) electrons. The van der Waals surface area contributed by atoms with Gasteiger partial charge >= 0.3 is 0 Å². The average molecular weight is 336 g/mol. The van der Waals surface area contributed by atoms with Crippen LogP contribution in [0.5, 0.6) is 0 Å². The van der Waals surface area contributed by atoms with Crippen molar-refractivity contribution in [2.45, 2.75) is 13.8 Å². The zero-order valence-electron chi connectivity index (χ0n) is 13.7. The number of amides is 2. The molecule has 0 aliphatic carbocycles. The molecule has 0 spiro atoms. The van der Waals surface area contributed by atoms with Crippen molar-refractivity contribution in [3.05, 3.63) is 65.4 Å². The molecule has 126 valence electrons. The van der Waals surface area contributed by atoms with Crippen LogP contribution < -0.4 is 10.9 Å². The molecule has 2 amide bonds. The van der Waals surface area contributed by atoms with E-state index in [0.717, 1.165) is 11.0 Å². The standard InChI is InChI=1S/C18H16N4O3/c1-11-9-14(12(2)25-11)18(24)22-21-17(23)8-7-13-10-19-15-5-3-4-6-16(15)20-13/h3-10H,1-2H3,(H,21,23)(H,22,24)/b8-7+. The van der Waals surface area contributed by atoms with Crippen molar-refractivity contribution in [2.75, 3.05) is 0 Å². The zero-order chi connectivity index (χ0) is 17.8. The van der Waals surface area contributed by atoms with Gasteiger partial charge in [0.2, 0.25) is 0 Å². The summed E-state index contributed by atoms with van der Waals surface area (Å²) >= 11 is 0. The van der Waals surface area contributed by atoms with E-state index in [9.17, 15) is 9.59 Å². The lowest BCUT2D eigenvalue weighted by atomic mass is 10.2. The smallest absolute Gasteiger partial charge is 0.273 e. The highest BCUT2D eigenvalue weighted by Gasteiger charge is 2.13. The van der Waals surface area contributed by atoms with Crippen LogP contribution >= 0.6 is 0 Å². The summed E-state index contributed by atoms with van der Waals surface area (Å²) < 4.78 is 5.28. The predicted molar refractivity (Wildman–Crippen MR) is 92.4 cm³/mol. The van der Waals surface area contributed by atoms with Crippen LogP contribution in [0.25, 0.3) is 17.1 Å². The first kappa shape index (κ1) is 16.4. The Kier molecular flexibility index (Phi) is 4.56. The average Bonchev–Trinajstić information content (AvgIpc) is 2.96. The Morgan fingerprint density at radius 3 is 2.60 bits per heavy atom. The van der Waals surface area contributed by atoms with Gasteiger partial charge < -0.3 is 4.42 Å². The van der Waals surface area contributed by atoms with Crippen molar-refractivity contribution in [3.8, 4) is 0 Å². The molecule has 2 aromatic heterocycles. The molecule has 3 rings (SSSR count). The summed E-state index contributed by atoms with van der Waals surface area (Å²) in [7, 11) is 0. The van der Waals surface area contributed by atoms with Crippen molar-refractivity contribution in [2.24, 2.45) is 0 Å². The van der Waals surface area contributed by atoms with E-state index in [1.54, 1.807) is 26.1 Å². The Bertz CT molecular complexity index is 975. The maximum absolute atomic E-state index is 12.0. The van der Waals surface area contributed by atoms with Crippen LogP contribution in [-0.2, 0) is 4.79 Å². The second kappa shape index (κ2) is 6.96. The number of carbonyl (C=O) groups excluding carboxylic acids is 2. The minimum atomic E-state index is -0.485. The Morgan fingerprint density at radius 2 is 1.88 bits per heavy atom. The van der Waals surface area contributed by atoms with Gasteiger partial charge in [-0.3, -0.25) is 25.4 Å². The summed E-state index contributed by atoms with van der Waals surface area (Å²) in [6.07, 6.45) is 4.36. The lowest BCUT2D eigenvalue weighted by Gasteiger charge is -2.04. The summed E-state index contributed by atoms with van der Waals surface area (Å²) in [4.78, 5) is 32.4. The molecular formula is C18H16N4O3. The van der Waals surface area contributed by atoms with Gasteiger partial charge in [-0.1, -0.05) is 12.1 Å². The van der Waals surface area contributed by atoms with Crippen molar-refractivity contribution in [1.82, 2.24) is 20.8 Å². The Balaban J connectivity index is 1.60. The number of fused-ring (bicyclic) bond motifs is 1. The molecule has 1 aromatic carbocycles. The Labute approximate surface area is 143 Å². The molecule has 0 aliphatic rings. The van der Waals surface area contributed by atoms with Crippen LogP contribution in [0, 0.1) is 13.8 Å². The Morgan fingerprint density at radius 1 is 1.12 bits per heavy atom. The molecule has 0 atom stereocenters. The van der Waals surface area contributed by atoms with Gasteiger partial charge in [0.1, 0.15) is 11.5 Å². The van der Waals surface area contributed by atoms with Gasteiger partial charge in [-0.25, -0.2) is 4.98 Å². The molecule has 0 fully saturated rings. The maximum Gasteiger partial charge on any atom is 0.273 e. The van der Waals surface area contributed by atoms with Gasteiger partial charge in [-0.05, 0) is 38.1 Å². The summed E-state index contributed by atoms with van der Waals surface area (Å²) in [5, 5.41) is 0. The first-order valence-corrected chi connectivity index (χ1v) is 7.60. The number of hydrogen-bond acceptors (Lipinski definition) is 5. The largest absolute Gasteiger partial charge is 0.466 e. The number of aromatic nitrogens is 2. The minimum absolute atomic E-state index is 0.377. The van der Waals surface area contributed by atoms with Crippen LogP contribution in [0.3, 0.4) is 0 Å². The van der Waals surface area contributed by atoms with E-state index in [1.165, 1.54) is 12.2 Å². The molecule has 0 saturated heterocycles. The molecule has 3 aromatic rings. The van der Waals surface area contributed by atoms with E-state index in [1.807, 2.05) is 24.3 Å². The third kappa shape index (κ3) is 3.89. The summed E-state index contributed by atoms with van der Waals surface area (Å²) in [5.41, 5.74) is 7.08. The number of furan rings is 1. The molecule has 0 bridgehead atoms. The molecule has 2 N–H and O–H groups in total. The number of hydrazine groups is 1. The zero-order valence-corrected chi connectivity index (χ0v) is 13.7. The minimum Gasteiger partial charge on any atom is -0.466 e. The van der Waals surface area contributed by atoms with Crippen molar-refractivity contribution in [1.29, 1.82) is 0 Å². The fourth-order valence-corrected chi connectivity index (χ4v) is 2.30. The number of benzene rings is 1. The summed E-state index contributed by atoms with van der Waals surface area (Å²) in [6.45, 7) is 3.43. The molecule has 2 heterocycles. The number of para-hydroxylation sites is 2. The first-order chi connectivity index (χ1) is 12.0. The molecule has 0 unspecified atom stereocenters. The van der Waals surface area contributed by atoms with Crippen LogP contribution in [-0.4, -0.2) is 21.8 Å². The highest BCUT2D eigenvalue weighted by molar-refractivity contribution is 5.98. The van der Waals surface area contributed by atoms with Crippen molar-refractivity contribution >= 4 is 28.9 Å². The van der Waals surface area contributed by atoms with E-state index in [2.05, 4.69) is 20.8 Å². The molecule has 25 heavy (non-hydrogen) atoms. The fourth-order valence-electron chi connectivity index (χ4n) is 2.30. The molecule has 0 aliphatic heterocycles. The fraction of sp³-hybridized carbons (Fsp3) is 0.111. The Hall–Kier alpha value is -3.48. The molecule has 7 heteroatoms. The number of hydrogen-bond donors (Lipinski definition) is 2. The quantitative estimate of drug-likeness (QED) is 0.565. The van der Waals surface area contributed by atoms with Crippen molar-refractivity contribution < 1.29 is 14.0 Å². The normalized spacial score (nSPS) is 11.0. The summed E-state index contributed by atoms with van der Waals surface area (Å²) in [6, 6.07) is 9.06. The number of nitrogens with zero attached hydrogens (tertiary/aromatic N) is 2.